The van der Waals surface area contributed by atoms with E-state index >= 15 is 0 Å². The van der Waals surface area contributed by atoms with E-state index in [4.69, 9.17) is 20.3 Å². The second-order valence-electron chi connectivity index (χ2n) is 8.96. The van der Waals surface area contributed by atoms with Crippen molar-refractivity contribution >= 4 is 30.5 Å². The number of fused-ring (bicyclic) bond motifs is 1. The highest BCUT2D eigenvalue weighted by atomic mass is 31.2. The van der Waals surface area contributed by atoms with Crippen LogP contribution in [-0.4, -0.2) is 43.7 Å². The number of rotatable bonds is 13. The number of hydrogen-bond donors (Lipinski definition) is 5. The Morgan fingerprint density at radius 1 is 1.25 bits per heavy atom. The maximum absolute atomic E-state index is 11.0. The number of imidazole rings is 1. The molecule has 1 aliphatic rings. The lowest BCUT2D eigenvalue weighted by Crippen LogP contribution is -2.39. The van der Waals surface area contributed by atoms with Crippen molar-refractivity contribution in [1.29, 1.82) is 0 Å². The first-order valence-electron chi connectivity index (χ1n) is 11.8. The van der Waals surface area contributed by atoms with Crippen molar-refractivity contribution in [3.8, 4) is 0 Å². The zero-order chi connectivity index (χ0) is 23.0. The van der Waals surface area contributed by atoms with Crippen molar-refractivity contribution in [1.82, 2.24) is 15.0 Å². The molecule has 1 atom stereocenters. The number of anilines is 2. The molecule has 2 aromatic rings. The lowest BCUT2D eigenvalue weighted by Gasteiger charge is -2.21. The summed E-state index contributed by atoms with van der Waals surface area (Å²) in [6.07, 6.45) is 14.1. The van der Waals surface area contributed by atoms with E-state index in [9.17, 15) is 4.57 Å². The molecule has 2 aromatic heterocycles. The number of nitrogen functional groups attached to an aromatic ring is 1. The third-order valence-electron chi connectivity index (χ3n) is 6.08. The standard InChI is InChI=1S/C21H37N6O4P/c1-16(31-15-32(28,29)30)13-27-14-24-18-19(25-21(22)26-20(18)27)23-12-8-3-2-5-9-17-10-6-4-7-11-17/h14,16-17H,2-13,15H2,1H3,(H5,22,23,25,26,28,29,30)/p+1/t16-/m1/s1. The molecular formula is C21H38N6O4P+. The highest BCUT2D eigenvalue weighted by Crippen LogP contribution is 2.34. The van der Waals surface area contributed by atoms with Crippen LogP contribution >= 0.6 is 7.60 Å². The van der Waals surface area contributed by atoms with Gasteiger partial charge in [-0.3, -0.25) is 9.55 Å². The minimum atomic E-state index is -4.20. The molecule has 1 saturated carbocycles. The van der Waals surface area contributed by atoms with Crippen LogP contribution in [0.3, 0.4) is 0 Å². The molecule has 0 aliphatic heterocycles. The zero-order valence-electron chi connectivity index (χ0n) is 19.0. The number of H-pyrrole nitrogens is 1. The van der Waals surface area contributed by atoms with E-state index < -0.39 is 20.0 Å². The highest BCUT2D eigenvalue weighted by Gasteiger charge is 2.22. The SMILES string of the molecule is C[C@H](C[n+]1c[nH]c2c(NCCCCCCC3CCCCC3)nc(N)nc21)OCP(=O)(O)O. The monoisotopic (exact) mass is 469 g/mol. The number of aromatic amines is 1. The summed E-state index contributed by atoms with van der Waals surface area (Å²) in [5.74, 6) is 1.80. The van der Waals surface area contributed by atoms with Crippen LogP contribution in [0.1, 0.15) is 71.1 Å². The lowest BCUT2D eigenvalue weighted by atomic mass is 9.85. The summed E-state index contributed by atoms with van der Waals surface area (Å²) in [6.45, 7) is 2.94. The number of ether oxygens (including phenoxy) is 1. The van der Waals surface area contributed by atoms with E-state index in [1.165, 1.54) is 57.8 Å². The Morgan fingerprint density at radius 3 is 2.75 bits per heavy atom. The average Bonchev–Trinajstić information content (AvgIpc) is 3.14. The van der Waals surface area contributed by atoms with Crippen molar-refractivity contribution in [2.24, 2.45) is 5.92 Å². The summed E-state index contributed by atoms with van der Waals surface area (Å²) in [5.41, 5.74) is 7.29. The fourth-order valence-electron chi connectivity index (χ4n) is 4.43. The second kappa shape index (κ2) is 11.9. The van der Waals surface area contributed by atoms with Crippen molar-refractivity contribution < 1.29 is 23.7 Å². The first-order valence-corrected chi connectivity index (χ1v) is 13.6. The normalized spacial score (nSPS) is 16.5. The van der Waals surface area contributed by atoms with Gasteiger partial charge in [-0.1, -0.05) is 62.8 Å². The molecule has 0 bridgehead atoms. The van der Waals surface area contributed by atoms with Gasteiger partial charge in [0.15, 0.2) is 12.1 Å². The minimum Gasteiger partial charge on any atom is -0.367 e. The first kappa shape index (κ1) is 24.9. The summed E-state index contributed by atoms with van der Waals surface area (Å²) >= 11 is 0. The topological polar surface area (TPSA) is 150 Å². The smallest absolute Gasteiger partial charge is 0.350 e. The Kier molecular flexibility index (Phi) is 9.28. The lowest BCUT2D eigenvalue weighted by molar-refractivity contribution is -0.679. The molecule has 0 aromatic carbocycles. The molecule has 0 saturated heterocycles. The largest absolute Gasteiger partial charge is 0.367 e. The third-order valence-corrected chi connectivity index (χ3v) is 6.57. The van der Waals surface area contributed by atoms with Gasteiger partial charge in [-0.05, 0) is 19.3 Å². The van der Waals surface area contributed by atoms with Gasteiger partial charge in [0.1, 0.15) is 6.35 Å². The molecule has 6 N–H and O–H groups in total. The Morgan fingerprint density at radius 2 is 2.00 bits per heavy atom. The van der Waals surface area contributed by atoms with Gasteiger partial charge in [0, 0.05) is 6.54 Å². The zero-order valence-corrected chi connectivity index (χ0v) is 19.9. The van der Waals surface area contributed by atoms with Crippen molar-refractivity contribution in [3.63, 3.8) is 0 Å². The predicted molar refractivity (Wildman–Crippen MR) is 124 cm³/mol. The quantitative estimate of drug-likeness (QED) is 0.170. The Balaban J connectivity index is 1.45. The maximum Gasteiger partial charge on any atom is 0.350 e. The molecule has 0 spiro atoms. The summed E-state index contributed by atoms with van der Waals surface area (Å²) in [6, 6.07) is 0. The van der Waals surface area contributed by atoms with Crippen molar-refractivity contribution in [2.45, 2.75) is 83.8 Å². The molecule has 3 rings (SSSR count). The molecule has 180 valence electrons. The van der Waals surface area contributed by atoms with Gasteiger partial charge < -0.3 is 25.6 Å². The number of hydrogen-bond acceptors (Lipinski definition) is 6. The summed E-state index contributed by atoms with van der Waals surface area (Å²) in [4.78, 5) is 29.8. The van der Waals surface area contributed by atoms with E-state index in [-0.39, 0.29) is 5.95 Å². The van der Waals surface area contributed by atoms with E-state index in [2.05, 4.69) is 20.3 Å². The van der Waals surface area contributed by atoms with Crippen LogP contribution < -0.4 is 15.6 Å². The Hall–Kier alpha value is -1.74. The summed E-state index contributed by atoms with van der Waals surface area (Å²) in [7, 11) is -4.20. The maximum atomic E-state index is 11.0. The van der Waals surface area contributed by atoms with Gasteiger partial charge in [0.25, 0.3) is 5.95 Å². The molecule has 0 radical (unpaired) electrons. The van der Waals surface area contributed by atoms with Crippen LogP contribution in [0.15, 0.2) is 6.33 Å². The summed E-state index contributed by atoms with van der Waals surface area (Å²) < 4.78 is 18.1. The fraction of sp³-hybridized carbons (Fsp3) is 0.762. The Bertz CT molecular complexity index is 896. The van der Waals surface area contributed by atoms with Crippen LogP contribution in [0.2, 0.25) is 0 Å². The minimum absolute atomic E-state index is 0.171. The van der Waals surface area contributed by atoms with Crippen LogP contribution in [0, 0.1) is 5.92 Å². The predicted octanol–water partition coefficient (Wildman–Crippen LogP) is 3.31. The Labute approximate surface area is 189 Å². The number of nitrogens with one attached hydrogen (secondary N) is 2. The van der Waals surface area contributed by atoms with Gasteiger partial charge in [0.2, 0.25) is 5.52 Å². The van der Waals surface area contributed by atoms with E-state index in [0.29, 0.717) is 18.0 Å². The average molecular weight is 470 g/mol. The van der Waals surface area contributed by atoms with Crippen LogP contribution in [0.25, 0.3) is 11.2 Å². The van der Waals surface area contributed by atoms with Crippen LogP contribution in [0.5, 0.6) is 0 Å². The third kappa shape index (κ3) is 7.99. The molecule has 0 unspecified atom stereocenters. The molecule has 11 heteroatoms. The summed E-state index contributed by atoms with van der Waals surface area (Å²) in [5, 5.41) is 3.37. The van der Waals surface area contributed by atoms with Gasteiger partial charge in [-0.25, -0.2) is 4.57 Å². The van der Waals surface area contributed by atoms with Crippen LogP contribution in [0.4, 0.5) is 11.8 Å². The number of nitrogens with two attached hydrogens (primary N) is 1. The molecule has 1 fully saturated rings. The van der Waals surface area contributed by atoms with Gasteiger partial charge in [-0.15, -0.1) is 0 Å². The molecule has 0 amide bonds. The van der Waals surface area contributed by atoms with Gasteiger partial charge >= 0.3 is 13.2 Å². The highest BCUT2D eigenvalue weighted by molar-refractivity contribution is 7.51. The van der Waals surface area contributed by atoms with Crippen molar-refractivity contribution in [3.05, 3.63) is 6.33 Å². The number of nitrogens with zero attached hydrogens (tertiary/aromatic N) is 3. The van der Waals surface area contributed by atoms with Gasteiger partial charge in [0.05, 0.1) is 12.6 Å². The fourth-order valence-corrected chi connectivity index (χ4v) is 4.87. The number of unbranched alkanes of at least 4 members (excludes halogenated alkanes) is 3. The van der Waals surface area contributed by atoms with E-state index in [1.807, 2.05) is 4.57 Å². The molecule has 10 nitrogen and oxygen atoms in total. The van der Waals surface area contributed by atoms with Crippen molar-refractivity contribution in [2.75, 3.05) is 23.9 Å². The van der Waals surface area contributed by atoms with Gasteiger partial charge in [-0.2, -0.15) is 4.98 Å². The van der Waals surface area contributed by atoms with E-state index in [1.54, 1.807) is 13.3 Å². The number of aromatic nitrogens is 4. The first-order chi connectivity index (χ1) is 15.3. The molecule has 2 heterocycles. The second-order valence-corrected chi connectivity index (χ2v) is 10.5. The molecule has 32 heavy (non-hydrogen) atoms. The molecular weight excluding hydrogens is 431 g/mol. The molecule has 1 aliphatic carbocycles. The van der Waals surface area contributed by atoms with Crippen LogP contribution in [-0.2, 0) is 15.8 Å². The van der Waals surface area contributed by atoms with E-state index in [0.717, 1.165) is 24.4 Å².